The number of amides is 1. The number of rotatable bonds is 8. The van der Waals surface area contributed by atoms with E-state index in [2.05, 4.69) is 5.32 Å². The van der Waals surface area contributed by atoms with E-state index in [0.29, 0.717) is 31.9 Å². The molecule has 1 aliphatic rings. The van der Waals surface area contributed by atoms with Gasteiger partial charge < -0.3 is 24.3 Å². The first-order valence-corrected chi connectivity index (χ1v) is 10.1. The molecule has 0 bridgehead atoms. The molecule has 3 aromatic carbocycles. The Morgan fingerprint density at radius 3 is 2.55 bits per heavy atom. The summed E-state index contributed by atoms with van der Waals surface area (Å²) in [6, 6.07) is 19.1. The summed E-state index contributed by atoms with van der Waals surface area (Å²) in [5, 5.41) is 4.84. The van der Waals surface area contributed by atoms with Crippen LogP contribution in [0, 0.1) is 0 Å². The molecular formula is C24H23NO6. The van der Waals surface area contributed by atoms with Gasteiger partial charge in [0.25, 0.3) is 5.91 Å². The van der Waals surface area contributed by atoms with Gasteiger partial charge >= 0.3 is 5.97 Å². The lowest BCUT2D eigenvalue weighted by molar-refractivity contribution is -0.150. The smallest absolute Gasteiger partial charge is 0.344 e. The first kappa shape index (κ1) is 20.5. The predicted octanol–water partition coefficient (Wildman–Crippen LogP) is 2.89. The SMILES string of the molecule is O=C(COC(=O)COc1ccc2ccccc2c1)NCCc1ccc2c(c1)OCCO2. The molecule has 7 nitrogen and oxygen atoms in total. The number of benzene rings is 3. The third-order valence-corrected chi connectivity index (χ3v) is 4.78. The van der Waals surface area contributed by atoms with Crippen LogP contribution in [0.3, 0.4) is 0 Å². The molecule has 0 fully saturated rings. The quantitative estimate of drug-likeness (QED) is 0.563. The monoisotopic (exact) mass is 421 g/mol. The fourth-order valence-corrected chi connectivity index (χ4v) is 3.23. The van der Waals surface area contributed by atoms with E-state index in [1.165, 1.54) is 0 Å². The van der Waals surface area contributed by atoms with E-state index in [4.69, 9.17) is 18.9 Å². The summed E-state index contributed by atoms with van der Waals surface area (Å²) in [4.78, 5) is 23.8. The summed E-state index contributed by atoms with van der Waals surface area (Å²) in [6.07, 6.45) is 0.626. The highest BCUT2D eigenvalue weighted by Crippen LogP contribution is 2.30. The molecular weight excluding hydrogens is 398 g/mol. The van der Waals surface area contributed by atoms with Gasteiger partial charge in [-0.1, -0.05) is 36.4 Å². The highest BCUT2D eigenvalue weighted by Gasteiger charge is 2.12. The molecule has 31 heavy (non-hydrogen) atoms. The minimum atomic E-state index is -0.602. The first-order valence-electron chi connectivity index (χ1n) is 10.1. The van der Waals surface area contributed by atoms with E-state index in [-0.39, 0.29) is 19.1 Å². The van der Waals surface area contributed by atoms with Gasteiger partial charge in [0.15, 0.2) is 24.7 Å². The summed E-state index contributed by atoms with van der Waals surface area (Å²) in [5.41, 5.74) is 1.02. The Kier molecular flexibility index (Phi) is 6.52. The molecule has 4 rings (SSSR count). The van der Waals surface area contributed by atoms with Crippen molar-refractivity contribution in [1.29, 1.82) is 0 Å². The van der Waals surface area contributed by atoms with Gasteiger partial charge in [-0.2, -0.15) is 0 Å². The van der Waals surface area contributed by atoms with Crippen LogP contribution in [0.25, 0.3) is 10.8 Å². The highest BCUT2D eigenvalue weighted by molar-refractivity contribution is 5.84. The number of carbonyl (C=O) groups is 2. The molecule has 0 saturated carbocycles. The number of fused-ring (bicyclic) bond motifs is 2. The van der Waals surface area contributed by atoms with Crippen molar-refractivity contribution >= 4 is 22.6 Å². The molecule has 0 radical (unpaired) electrons. The minimum Gasteiger partial charge on any atom is -0.486 e. The lowest BCUT2D eigenvalue weighted by Gasteiger charge is -2.18. The van der Waals surface area contributed by atoms with Crippen LogP contribution >= 0.6 is 0 Å². The summed E-state index contributed by atoms with van der Waals surface area (Å²) < 4.78 is 21.5. The molecule has 1 amide bonds. The van der Waals surface area contributed by atoms with Crippen molar-refractivity contribution < 1.29 is 28.5 Å². The van der Waals surface area contributed by atoms with Crippen LogP contribution in [0.2, 0.25) is 0 Å². The molecule has 1 heterocycles. The molecule has 0 unspecified atom stereocenters. The van der Waals surface area contributed by atoms with E-state index in [9.17, 15) is 9.59 Å². The van der Waals surface area contributed by atoms with E-state index >= 15 is 0 Å². The van der Waals surface area contributed by atoms with Crippen LogP contribution in [0.1, 0.15) is 5.56 Å². The molecule has 3 aromatic rings. The van der Waals surface area contributed by atoms with Gasteiger partial charge in [-0.05, 0) is 47.0 Å². The van der Waals surface area contributed by atoms with Crippen molar-refractivity contribution in [3.63, 3.8) is 0 Å². The summed E-state index contributed by atoms with van der Waals surface area (Å²) in [5.74, 6) is 1.05. The second-order valence-corrected chi connectivity index (χ2v) is 7.04. The molecule has 0 saturated heterocycles. The zero-order chi connectivity index (χ0) is 21.5. The van der Waals surface area contributed by atoms with Gasteiger partial charge in [-0.15, -0.1) is 0 Å². The summed E-state index contributed by atoms with van der Waals surface area (Å²) >= 11 is 0. The number of ether oxygens (including phenoxy) is 4. The predicted molar refractivity (Wildman–Crippen MR) is 115 cm³/mol. The molecule has 0 aromatic heterocycles. The third-order valence-electron chi connectivity index (χ3n) is 4.78. The van der Waals surface area contributed by atoms with Crippen LogP contribution in [-0.2, 0) is 20.7 Å². The third kappa shape index (κ3) is 5.66. The average molecular weight is 421 g/mol. The number of nitrogens with one attached hydrogen (secondary N) is 1. The van der Waals surface area contributed by atoms with Gasteiger partial charge in [0.1, 0.15) is 19.0 Å². The maximum absolute atomic E-state index is 11.9. The van der Waals surface area contributed by atoms with E-state index in [1.807, 2.05) is 54.6 Å². The number of hydrogen-bond donors (Lipinski definition) is 1. The van der Waals surface area contributed by atoms with Gasteiger partial charge in [-0.25, -0.2) is 4.79 Å². The molecule has 1 aliphatic heterocycles. The fourth-order valence-electron chi connectivity index (χ4n) is 3.23. The van der Waals surface area contributed by atoms with Gasteiger partial charge in [-0.3, -0.25) is 4.79 Å². The fraction of sp³-hybridized carbons (Fsp3) is 0.250. The standard InChI is InChI=1S/C24H23NO6/c26-23(25-10-9-17-5-8-21-22(13-17)29-12-11-28-21)15-31-24(27)16-30-20-7-6-18-3-1-2-4-19(18)14-20/h1-8,13-14H,9-12,15-16H2,(H,25,26). The number of esters is 1. The van der Waals surface area contributed by atoms with Crippen LogP contribution in [0.4, 0.5) is 0 Å². The number of hydrogen-bond acceptors (Lipinski definition) is 6. The second-order valence-electron chi connectivity index (χ2n) is 7.04. The van der Waals surface area contributed by atoms with Crippen molar-refractivity contribution in [2.45, 2.75) is 6.42 Å². The molecule has 160 valence electrons. The van der Waals surface area contributed by atoms with E-state index < -0.39 is 5.97 Å². The second kappa shape index (κ2) is 9.84. The highest BCUT2D eigenvalue weighted by atomic mass is 16.6. The van der Waals surface area contributed by atoms with Gasteiger partial charge in [0.05, 0.1) is 0 Å². The lowest BCUT2D eigenvalue weighted by Crippen LogP contribution is -2.31. The van der Waals surface area contributed by atoms with Gasteiger partial charge in [0, 0.05) is 6.54 Å². The van der Waals surface area contributed by atoms with E-state index in [1.54, 1.807) is 6.07 Å². The van der Waals surface area contributed by atoms with Crippen molar-refractivity contribution in [2.24, 2.45) is 0 Å². The summed E-state index contributed by atoms with van der Waals surface area (Å²) in [6.45, 7) is 0.894. The maximum Gasteiger partial charge on any atom is 0.344 e. The van der Waals surface area contributed by atoms with Crippen molar-refractivity contribution in [2.75, 3.05) is 33.0 Å². The number of carbonyl (C=O) groups excluding carboxylic acids is 2. The molecule has 0 atom stereocenters. The maximum atomic E-state index is 11.9. The zero-order valence-electron chi connectivity index (χ0n) is 17.0. The lowest BCUT2D eigenvalue weighted by atomic mass is 10.1. The van der Waals surface area contributed by atoms with E-state index in [0.717, 1.165) is 27.8 Å². The van der Waals surface area contributed by atoms with Crippen LogP contribution in [-0.4, -0.2) is 44.8 Å². The Labute approximate surface area is 179 Å². The topological polar surface area (TPSA) is 83.1 Å². The van der Waals surface area contributed by atoms with Gasteiger partial charge in [0.2, 0.25) is 0 Å². The molecule has 7 heteroatoms. The van der Waals surface area contributed by atoms with Crippen molar-refractivity contribution in [1.82, 2.24) is 5.32 Å². The normalized spacial score (nSPS) is 12.3. The Morgan fingerprint density at radius 1 is 0.871 bits per heavy atom. The van der Waals surface area contributed by atoms with Crippen LogP contribution < -0.4 is 19.5 Å². The van der Waals surface area contributed by atoms with Crippen LogP contribution in [0.5, 0.6) is 17.2 Å². The Hall–Kier alpha value is -3.74. The minimum absolute atomic E-state index is 0.261. The van der Waals surface area contributed by atoms with Crippen molar-refractivity contribution in [3.8, 4) is 17.2 Å². The Bertz CT molecular complexity index is 1080. The Balaban J connectivity index is 1.15. The van der Waals surface area contributed by atoms with Crippen molar-refractivity contribution in [3.05, 3.63) is 66.2 Å². The zero-order valence-corrected chi connectivity index (χ0v) is 17.0. The average Bonchev–Trinajstić information content (AvgIpc) is 2.81. The molecule has 0 aliphatic carbocycles. The largest absolute Gasteiger partial charge is 0.486 e. The summed E-state index contributed by atoms with van der Waals surface area (Å²) in [7, 11) is 0. The molecule has 1 N–H and O–H groups in total. The Morgan fingerprint density at radius 2 is 1.68 bits per heavy atom. The first-order chi connectivity index (χ1) is 15.2. The molecule has 0 spiro atoms. The van der Waals surface area contributed by atoms with Crippen LogP contribution in [0.15, 0.2) is 60.7 Å².